The molecular formula is C14H14BrNOS. The van der Waals surface area contributed by atoms with Crippen molar-refractivity contribution in [3.8, 4) is 0 Å². The van der Waals surface area contributed by atoms with Crippen LogP contribution in [0.1, 0.15) is 16.0 Å². The summed E-state index contributed by atoms with van der Waals surface area (Å²) in [7, 11) is 0. The molecule has 2 rings (SSSR count). The van der Waals surface area contributed by atoms with E-state index in [9.17, 15) is 4.79 Å². The van der Waals surface area contributed by atoms with E-state index in [-0.39, 0.29) is 5.91 Å². The number of thiophene rings is 1. The number of nitrogens with one attached hydrogen (secondary N) is 1. The quantitative estimate of drug-likeness (QED) is 0.913. The fraction of sp³-hybridized carbons (Fsp3) is 0.214. The highest BCUT2D eigenvalue weighted by atomic mass is 79.9. The lowest BCUT2D eigenvalue weighted by atomic mass is 10.1. The molecule has 0 saturated heterocycles. The normalized spacial score (nSPS) is 10.3. The van der Waals surface area contributed by atoms with Gasteiger partial charge in [0.1, 0.15) is 0 Å². The first-order valence-corrected chi connectivity index (χ1v) is 7.36. The van der Waals surface area contributed by atoms with Gasteiger partial charge in [-0.15, -0.1) is 11.3 Å². The van der Waals surface area contributed by atoms with E-state index in [1.807, 2.05) is 42.6 Å². The van der Waals surface area contributed by atoms with Gasteiger partial charge in [0.15, 0.2) is 0 Å². The second kappa shape index (κ2) is 6.16. The third-order valence-corrected chi connectivity index (χ3v) is 4.51. The summed E-state index contributed by atoms with van der Waals surface area (Å²) in [6.45, 7) is 2.62. The maximum absolute atomic E-state index is 11.8. The summed E-state index contributed by atoms with van der Waals surface area (Å²) in [5, 5.41) is 4.94. The van der Waals surface area contributed by atoms with Gasteiger partial charge in [-0.1, -0.05) is 29.8 Å². The van der Waals surface area contributed by atoms with Crippen LogP contribution in [0.5, 0.6) is 0 Å². The van der Waals surface area contributed by atoms with Crippen LogP contribution in [-0.4, -0.2) is 5.91 Å². The molecule has 4 heteroatoms. The summed E-state index contributed by atoms with van der Waals surface area (Å²) in [4.78, 5) is 13.0. The Kier molecular flexibility index (Phi) is 4.55. The minimum Gasteiger partial charge on any atom is -0.351 e. The van der Waals surface area contributed by atoms with E-state index >= 15 is 0 Å². The number of hydrogen-bond acceptors (Lipinski definition) is 2. The van der Waals surface area contributed by atoms with Crippen molar-refractivity contribution >= 4 is 33.2 Å². The van der Waals surface area contributed by atoms with Gasteiger partial charge in [-0.05, 0) is 39.9 Å². The Bertz CT molecular complexity index is 550. The molecule has 0 radical (unpaired) electrons. The molecule has 0 fully saturated rings. The summed E-state index contributed by atoms with van der Waals surface area (Å²) in [5.41, 5.74) is 2.24. The van der Waals surface area contributed by atoms with Gasteiger partial charge < -0.3 is 5.32 Å². The van der Waals surface area contributed by atoms with Crippen molar-refractivity contribution in [3.05, 3.63) is 56.2 Å². The zero-order valence-corrected chi connectivity index (χ0v) is 12.5. The minimum absolute atomic E-state index is 0.0564. The van der Waals surface area contributed by atoms with Crippen molar-refractivity contribution in [1.82, 2.24) is 5.32 Å². The fourth-order valence-corrected chi connectivity index (χ4v) is 3.13. The smallest absolute Gasteiger partial charge is 0.224 e. The lowest BCUT2D eigenvalue weighted by Gasteiger charge is -2.05. The average Bonchev–Trinajstić information content (AvgIpc) is 2.72. The third kappa shape index (κ3) is 3.68. The van der Waals surface area contributed by atoms with Gasteiger partial charge in [0.25, 0.3) is 0 Å². The van der Waals surface area contributed by atoms with Gasteiger partial charge in [-0.2, -0.15) is 0 Å². The van der Waals surface area contributed by atoms with Gasteiger partial charge >= 0.3 is 0 Å². The molecule has 94 valence electrons. The van der Waals surface area contributed by atoms with Gasteiger partial charge in [-0.25, -0.2) is 0 Å². The monoisotopic (exact) mass is 323 g/mol. The first-order valence-electron chi connectivity index (χ1n) is 5.69. The van der Waals surface area contributed by atoms with Gasteiger partial charge in [-0.3, -0.25) is 4.79 Å². The second-order valence-corrected chi connectivity index (χ2v) is 5.99. The van der Waals surface area contributed by atoms with Crippen LogP contribution in [0.2, 0.25) is 0 Å². The molecule has 1 amide bonds. The highest BCUT2D eigenvalue weighted by Gasteiger charge is 2.06. The molecule has 1 heterocycles. The molecule has 0 aliphatic carbocycles. The Morgan fingerprint density at radius 2 is 2.22 bits per heavy atom. The zero-order valence-electron chi connectivity index (χ0n) is 10.1. The van der Waals surface area contributed by atoms with Crippen LogP contribution < -0.4 is 5.32 Å². The molecule has 1 aromatic heterocycles. The van der Waals surface area contributed by atoms with E-state index in [1.54, 1.807) is 11.3 Å². The Morgan fingerprint density at radius 3 is 2.89 bits per heavy atom. The highest BCUT2D eigenvalue weighted by Crippen LogP contribution is 2.22. The van der Waals surface area contributed by atoms with Crippen molar-refractivity contribution in [1.29, 1.82) is 0 Å². The topological polar surface area (TPSA) is 29.1 Å². The number of hydrogen-bond donors (Lipinski definition) is 1. The Labute approximate surface area is 119 Å². The lowest BCUT2D eigenvalue weighted by Crippen LogP contribution is -2.24. The predicted molar refractivity (Wildman–Crippen MR) is 78.7 cm³/mol. The predicted octanol–water partition coefficient (Wildman–Crippen LogP) is 3.68. The van der Waals surface area contributed by atoms with Gasteiger partial charge in [0, 0.05) is 9.35 Å². The van der Waals surface area contributed by atoms with E-state index in [1.165, 1.54) is 5.56 Å². The zero-order chi connectivity index (χ0) is 13.0. The molecule has 0 atom stereocenters. The van der Waals surface area contributed by atoms with E-state index in [4.69, 9.17) is 0 Å². The summed E-state index contributed by atoms with van der Waals surface area (Å²) in [5.74, 6) is 0.0564. The van der Waals surface area contributed by atoms with E-state index in [0.29, 0.717) is 13.0 Å². The average molecular weight is 324 g/mol. The molecule has 1 N–H and O–H groups in total. The molecule has 0 aliphatic heterocycles. The maximum Gasteiger partial charge on any atom is 0.224 e. The van der Waals surface area contributed by atoms with Crippen molar-refractivity contribution in [2.45, 2.75) is 19.9 Å². The molecule has 2 nitrogen and oxygen atoms in total. The Hall–Kier alpha value is -1.13. The van der Waals surface area contributed by atoms with Crippen molar-refractivity contribution in [2.24, 2.45) is 0 Å². The number of amides is 1. The third-order valence-electron chi connectivity index (χ3n) is 2.58. The van der Waals surface area contributed by atoms with Crippen molar-refractivity contribution < 1.29 is 4.79 Å². The van der Waals surface area contributed by atoms with E-state index < -0.39 is 0 Å². The summed E-state index contributed by atoms with van der Waals surface area (Å²) < 4.78 is 1.06. The summed E-state index contributed by atoms with van der Waals surface area (Å²) in [6, 6.07) is 10.0. The molecule has 1 aromatic carbocycles. The van der Waals surface area contributed by atoms with Crippen LogP contribution in [0.3, 0.4) is 0 Å². The number of carbonyl (C=O) groups excluding carboxylic acids is 1. The molecule has 0 saturated carbocycles. The van der Waals surface area contributed by atoms with Crippen molar-refractivity contribution in [2.75, 3.05) is 0 Å². The number of benzene rings is 1. The van der Waals surface area contributed by atoms with Crippen molar-refractivity contribution in [3.63, 3.8) is 0 Å². The molecule has 2 aromatic rings. The van der Waals surface area contributed by atoms with Crippen LogP contribution in [0.25, 0.3) is 0 Å². The number of carbonyl (C=O) groups is 1. The molecular weight excluding hydrogens is 310 g/mol. The minimum atomic E-state index is 0.0564. The van der Waals surface area contributed by atoms with Gasteiger partial charge in [0.2, 0.25) is 5.91 Å². The SMILES string of the molecule is Cc1cccc(CC(=O)NCc2sccc2Br)c1. The first-order chi connectivity index (χ1) is 8.65. The molecule has 18 heavy (non-hydrogen) atoms. The van der Waals surface area contributed by atoms with E-state index in [0.717, 1.165) is 14.9 Å². The van der Waals surface area contributed by atoms with Crippen LogP contribution >= 0.6 is 27.3 Å². The lowest BCUT2D eigenvalue weighted by molar-refractivity contribution is -0.120. The van der Waals surface area contributed by atoms with Crippen LogP contribution in [0, 0.1) is 6.92 Å². The van der Waals surface area contributed by atoms with Crippen LogP contribution in [-0.2, 0) is 17.8 Å². The van der Waals surface area contributed by atoms with Crippen LogP contribution in [0.15, 0.2) is 40.2 Å². The molecule has 0 spiro atoms. The number of aryl methyl sites for hydroxylation is 1. The Morgan fingerprint density at radius 1 is 1.39 bits per heavy atom. The molecule has 0 bridgehead atoms. The standard InChI is InChI=1S/C14H14BrNOS/c1-10-3-2-4-11(7-10)8-14(17)16-9-13-12(15)5-6-18-13/h2-7H,8-9H2,1H3,(H,16,17). The summed E-state index contributed by atoms with van der Waals surface area (Å²) in [6.07, 6.45) is 0.435. The number of halogens is 1. The van der Waals surface area contributed by atoms with Gasteiger partial charge in [0.05, 0.1) is 13.0 Å². The second-order valence-electron chi connectivity index (χ2n) is 4.13. The highest BCUT2D eigenvalue weighted by molar-refractivity contribution is 9.10. The van der Waals surface area contributed by atoms with E-state index in [2.05, 4.69) is 21.2 Å². The molecule has 0 unspecified atom stereocenters. The fourth-order valence-electron chi connectivity index (χ4n) is 1.70. The first kappa shape index (κ1) is 13.3. The summed E-state index contributed by atoms with van der Waals surface area (Å²) >= 11 is 5.09. The Balaban J connectivity index is 1.88. The number of rotatable bonds is 4. The molecule has 0 aliphatic rings. The largest absolute Gasteiger partial charge is 0.351 e. The maximum atomic E-state index is 11.8. The van der Waals surface area contributed by atoms with Crippen LogP contribution in [0.4, 0.5) is 0 Å².